The van der Waals surface area contributed by atoms with Crippen molar-refractivity contribution < 1.29 is 9.18 Å². The van der Waals surface area contributed by atoms with E-state index in [1.54, 1.807) is 6.07 Å². The van der Waals surface area contributed by atoms with Crippen molar-refractivity contribution in [1.82, 2.24) is 10.6 Å². The Kier molecular flexibility index (Phi) is 5.65. The largest absolute Gasteiger partial charge is 0.351 e. The lowest BCUT2D eigenvalue weighted by atomic mass is 9.81. The van der Waals surface area contributed by atoms with E-state index in [4.69, 9.17) is 0 Å². The number of thiophene rings is 1. The lowest BCUT2D eigenvalue weighted by Gasteiger charge is -2.34. The fraction of sp³-hybridized carbons (Fsp3) is 0.471. The van der Waals surface area contributed by atoms with Crippen LogP contribution in [-0.4, -0.2) is 25.5 Å². The molecule has 126 valence electrons. The van der Waals surface area contributed by atoms with Crippen molar-refractivity contribution in [2.24, 2.45) is 5.41 Å². The van der Waals surface area contributed by atoms with E-state index in [-0.39, 0.29) is 29.5 Å². The molecule has 2 N–H and O–H groups in total. The Labute approximate surface area is 146 Å². The van der Waals surface area contributed by atoms with Crippen LogP contribution in [0.2, 0.25) is 0 Å². The van der Waals surface area contributed by atoms with Crippen molar-refractivity contribution in [3.8, 4) is 0 Å². The van der Waals surface area contributed by atoms with Gasteiger partial charge in [-0.2, -0.15) is 0 Å². The Morgan fingerprint density at radius 1 is 1.39 bits per heavy atom. The second-order valence-corrected chi connectivity index (χ2v) is 7.49. The molecule has 6 heteroatoms. The highest BCUT2D eigenvalue weighted by Crippen LogP contribution is 2.32. The highest BCUT2D eigenvalue weighted by molar-refractivity contribution is 7.21. The van der Waals surface area contributed by atoms with Crippen molar-refractivity contribution in [3.05, 3.63) is 34.5 Å². The molecule has 0 bridgehead atoms. The first-order chi connectivity index (χ1) is 10.5. The molecule has 1 amide bonds. The average Bonchev–Trinajstić information content (AvgIpc) is 2.83. The van der Waals surface area contributed by atoms with E-state index in [9.17, 15) is 9.18 Å². The molecular weight excluding hydrogens is 335 g/mol. The second-order valence-electron chi connectivity index (χ2n) is 6.44. The molecule has 0 saturated carbocycles. The van der Waals surface area contributed by atoms with Crippen LogP contribution in [0.1, 0.15) is 35.0 Å². The maximum atomic E-state index is 13.4. The number of aryl methyl sites for hydroxylation is 1. The molecule has 3 nitrogen and oxygen atoms in total. The van der Waals surface area contributed by atoms with Gasteiger partial charge in [0.25, 0.3) is 5.91 Å². The number of halogens is 2. The van der Waals surface area contributed by atoms with Crippen LogP contribution >= 0.6 is 23.7 Å². The van der Waals surface area contributed by atoms with Crippen LogP contribution in [0.5, 0.6) is 0 Å². The van der Waals surface area contributed by atoms with Crippen LogP contribution < -0.4 is 10.6 Å². The topological polar surface area (TPSA) is 41.1 Å². The van der Waals surface area contributed by atoms with Gasteiger partial charge >= 0.3 is 0 Å². The molecule has 23 heavy (non-hydrogen) atoms. The molecule has 1 aliphatic heterocycles. The van der Waals surface area contributed by atoms with Gasteiger partial charge in [0.2, 0.25) is 0 Å². The molecule has 0 radical (unpaired) electrons. The van der Waals surface area contributed by atoms with Gasteiger partial charge in [-0.15, -0.1) is 23.7 Å². The molecule has 1 aromatic carbocycles. The third kappa shape index (κ3) is 3.84. The Bertz CT molecular complexity index is 710. The minimum atomic E-state index is -0.262. The Balaban J connectivity index is 0.00000192. The second kappa shape index (κ2) is 7.16. The predicted molar refractivity (Wildman–Crippen MR) is 96.3 cm³/mol. The zero-order valence-corrected chi connectivity index (χ0v) is 15.0. The molecule has 0 aliphatic carbocycles. The van der Waals surface area contributed by atoms with E-state index in [0.29, 0.717) is 11.4 Å². The quantitative estimate of drug-likeness (QED) is 0.876. The number of hydrogen-bond acceptors (Lipinski definition) is 3. The summed E-state index contributed by atoms with van der Waals surface area (Å²) in [5, 5.41) is 7.26. The Hall–Kier alpha value is -1.17. The van der Waals surface area contributed by atoms with Crippen molar-refractivity contribution in [2.45, 2.75) is 26.7 Å². The number of rotatable bonds is 3. The smallest absolute Gasteiger partial charge is 0.261 e. The van der Waals surface area contributed by atoms with Gasteiger partial charge in [-0.25, -0.2) is 4.39 Å². The predicted octanol–water partition coefficient (Wildman–Crippen LogP) is 3.89. The average molecular weight is 357 g/mol. The lowest BCUT2D eigenvalue weighted by Crippen LogP contribution is -2.42. The zero-order valence-electron chi connectivity index (χ0n) is 13.4. The number of piperidine rings is 1. The minimum absolute atomic E-state index is 0. The van der Waals surface area contributed by atoms with Gasteiger partial charge in [0, 0.05) is 11.2 Å². The highest BCUT2D eigenvalue weighted by atomic mass is 35.5. The van der Waals surface area contributed by atoms with E-state index < -0.39 is 0 Å². The summed E-state index contributed by atoms with van der Waals surface area (Å²) < 4.78 is 14.3. The lowest BCUT2D eigenvalue weighted by molar-refractivity contribution is 0.0926. The molecule has 0 atom stereocenters. The van der Waals surface area contributed by atoms with Crippen molar-refractivity contribution in [1.29, 1.82) is 0 Å². The number of amides is 1. The molecule has 3 rings (SSSR count). The van der Waals surface area contributed by atoms with Gasteiger partial charge < -0.3 is 10.6 Å². The fourth-order valence-corrected chi connectivity index (χ4v) is 4.10. The minimum Gasteiger partial charge on any atom is -0.351 e. The summed E-state index contributed by atoms with van der Waals surface area (Å²) in [4.78, 5) is 13.2. The fourth-order valence-electron chi connectivity index (χ4n) is 2.99. The van der Waals surface area contributed by atoms with Crippen LogP contribution in [0, 0.1) is 18.2 Å². The number of nitrogens with one attached hydrogen (secondary N) is 2. The molecule has 0 spiro atoms. The van der Waals surface area contributed by atoms with E-state index in [1.807, 2.05) is 6.92 Å². The Morgan fingerprint density at radius 2 is 2.09 bits per heavy atom. The molecule has 2 aromatic rings. The van der Waals surface area contributed by atoms with Crippen LogP contribution in [-0.2, 0) is 0 Å². The molecular formula is C17H22ClFN2OS. The number of carbonyl (C=O) groups excluding carboxylic acids is 1. The summed E-state index contributed by atoms with van der Waals surface area (Å²) in [6.07, 6.45) is 2.15. The molecule has 0 unspecified atom stereocenters. The summed E-state index contributed by atoms with van der Waals surface area (Å²) in [7, 11) is 0. The summed E-state index contributed by atoms with van der Waals surface area (Å²) >= 11 is 1.44. The van der Waals surface area contributed by atoms with Crippen molar-refractivity contribution in [3.63, 3.8) is 0 Å². The highest BCUT2D eigenvalue weighted by Gasteiger charge is 2.27. The first kappa shape index (κ1) is 18.2. The Morgan fingerprint density at radius 3 is 2.78 bits per heavy atom. The van der Waals surface area contributed by atoms with Crippen molar-refractivity contribution >= 4 is 39.7 Å². The van der Waals surface area contributed by atoms with E-state index in [0.717, 1.165) is 41.6 Å². The van der Waals surface area contributed by atoms with Crippen LogP contribution in [0.15, 0.2) is 18.2 Å². The molecule has 1 aliphatic rings. The molecule has 1 saturated heterocycles. The number of fused-ring (bicyclic) bond motifs is 1. The van der Waals surface area contributed by atoms with Crippen molar-refractivity contribution in [2.75, 3.05) is 19.6 Å². The van der Waals surface area contributed by atoms with Crippen LogP contribution in [0.25, 0.3) is 10.1 Å². The molecule has 1 aromatic heterocycles. The van der Waals surface area contributed by atoms with Gasteiger partial charge in [0.15, 0.2) is 0 Å². The monoisotopic (exact) mass is 356 g/mol. The maximum Gasteiger partial charge on any atom is 0.261 e. The van der Waals surface area contributed by atoms with Gasteiger partial charge in [-0.3, -0.25) is 4.79 Å². The van der Waals surface area contributed by atoms with Crippen LogP contribution in [0.4, 0.5) is 4.39 Å². The van der Waals surface area contributed by atoms with E-state index in [1.165, 1.54) is 23.5 Å². The van der Waals surface area contributed by atoms with Gasteiger partial charge in [0.1, 0.15) is 5.82 Å². The van der Waals surface area contributed by atoms with Gasteiger partial charge in [-0.05, 0) is 67.4 Å². The summed E-state index contributed by atoms with van der Waals surface area (Å²) in [5.41, 5.74) is 1.03. The van der Waals surface area contributed by atoms with E-state index in [2.05, 4.69) is 17.6 Å². The van der Waals surface area contributed by atoms with Gasteiger partial charge in [-0.1, -0.05) is 6.92 Å². The first-order valence-electron chi connectivity index (χ1n) is 7.66. The third-order valence-corrected chi connectivity index (χ3v) is 5.86. The first-order valence-corrected chi connectivity index (χ1v) is 8.48. The summed E-state index contributed by atoms with van der Waals surface area (Å²) in [6.45, 7) is 6.82. The standard InChI is InChI=1S/C17H21FN2OS.ClH/c1-11-13-9-12(18)3-4-14(13)22-15(11)16(21)20-10-17(2)5-7-19-8-6-17;/h3-4,9,19H,5-8,10H2,1-2H3,(H,20,21);1H. The maximum absolute atomic E-state index is 13.4. The van der Waals surface area contributed by atoms with Crippen LogP contribution in [0.3, 0.4) is 0 Å². The third-order valence-electron chi connectivity index (χ3n) is 4.59. The SMILES string of the molecule is Cc1c(C(=O)NCC2(C)CCNCC2)sc2ccc(F)cc12.Cl. The summed E-state index contributed by atoms with van der Waals surface area (Å²) in [6, 6.07) is 4.69. The molecule has 1 fully saturated rings. The number of carbonyl (C=O) groups is 1. The molecule has 2 heterocycles. The number of benzene rings is 1. The summed E-state index contributed by atoms with van der Waals surface area (Å²) in [5.74, 6) is -0.304. The normalized spacial score (nSPS) is 16.8. The van der Waals surface area contributed by atoms with E-state index >= 15 is 0 Å². The number of hydrogen-bond donors (Lipinski definition) is 2. The zero-order chi connectivity index (χ0) is 15.7. The van der Waals surface area contributed by atoms with Gasteiger partial charge in [0.05, 0.1) is 4.88 Å².